The van der Waals surface area contributed by atoms with E-state index < -0.39 is 0 Å². The fourth-order valence-electron chi connectivity index (χ4n) is 5.04. The van der Waals surface area contributed by atoms with Gasteiger partial charge in [-0.05, 0) is 56.2 Å². The van der Waals surface area contributed by atoms with Crippen molar-refractivity contribution < 1.29 is 14.3 Å². The van der Waals surface area contributed by atoms with Crippen LogP contribution in [0.5, 0.6) is 5.75 Å². The Balaban J connectivity index is 1.19. The first-order chi connectivity index (χ1) is 16.1. The number of aromatic nitrogens is 3. The number of amides is 1. The van der Waals surface area contributed by atoms with E-state index in [1.54, 1.807) is 30.6 Å². The Morgan fingerprint density at radius 3 is 2.79 bits per heavy atom. The zero-order valence-electron chi connectivity index (χ0n) is 18.5. The molecule has 33 heavy (non-hydrogen) atoms. The summed E-state index contributed by atoms with van der Waals surface area (Å²) in [6, 6.07) is 10.9. The van der Waals surface area contributed by atoms with E-state index in [0.717, 1.165) is 44.5 Å². The number of rotatable bonds is 5. The SMILES string of the molecule is O=C(c1n[nH]c(=O)c2ccccc12)N1CCC2(CC1)CC(CCOc1cccnc1)CCO2. The standard InChI is InChI=1S/C25H28N4O4/c30-23-21-6-2-1-5-20(21)22(27-28-23)24(31)29-12-9-25(10-13-29)16-18(8-15-33-25)7-14-32-19-4-3-11-26-17-19/h1-6,11,17-18H,7-10,12-16H2,(H,28,30). The summed E-state index contributed by atoms with van der Waals surface area (Å²) in [5.74, 6) is 1.20. The third-order valence-electron chi connectivity index (χ3n) is 6.88. The molecular weight excluding hydrogens is 420 g/mol. The van der Waals surface area contributed by atoms with Gasteiger partial charge in [0.1, 0.15) is 5.75 Å². The number of pyridine rings is 1. The number of carbonyl (C=O) groups excluding carboxylic acids is 1. The third kappa shape index (κ3) is 4.61. The Morgan fingerprint density at radius 1 is 1.18 bits per heavy atom. The van der Waals surface area contributed by atoms with E-state index in [9.17, 15) is 9.59 Å². The summed E-state index contributed by atoms with van der Waals surface area (Å²) in [5.41, 5.74) is -0.154. The molecule has 2 aliphatic heterocycles. The van der Waals surface area contributed by atoms with Crippen molar-refractivity contribution in [1.82, 2.24) is 20.1 Å². The van der Waals surface area contributed by atoms with Crippen LogP contribution in [-0.2, 0) is 4.74 Å². The topological polar surface area (TPSA) is 97.4 Å². The third-order valence-corrected chi connectivity index (χ3v) is 6.88. The highest BCUT2D eigenvalue weighted by atomic mass is 16.5. The van der Waals surface area contributed by atoms with Crippen LogP contribution >= 0.6 is 0 Å². The Bertz CT molecular complexity index is 1170. The molecule has 1 spiro atoms. The first-order valence-electron chi connectivity index (χ1n) is 11.6. The van der Waals surface area contributed by atoms with Crippen molar-refractivity contribution >= 4 is 16.7 Å². The van der Waals surface area contributed by atoms with Crippen molar-refractivity contribution in [2.75, 3.05) is 26.3 Å². The molecule has 1 amide bonds. The molecule has 3 aromatic rings. The average Bonchev–Trinajstić information content (AvgIpc) is 2.85. The van der Waals surface area contributed by atoms with Crippen molar-refractivity contribution in [3.8, 4) is 5.75 Å². The molecule has 1 aromatic carbocycles. The molecule has 172 valence electrons. The molecule has 2 fully saturated rings. The molecule has 5 rings (SSSR count). The largest absolute Gasteiger partial charge is 0.492 e. The Kier molecular flexibility index (Phi) is 6.09. The molecule has 0 radical (unpaired) electrons. The number of piperidine rings is 1. The van der Waals surface area contributed by atoms with Crippen LogP contribution in [0.15, 0.2) is 53.6 Å². The molecule has 0 aliphatic carbocycles. The number of hydrogen-bond acceptors (Lipinski definition) is 6. The van der Waals surface area contributed by atoms with E-state index in [4.69, 9.17) is 9.47 Å². The van der Waals surface area contributed by atoms with Gasteiger partial charge in [-0.25, -0.2) is 5.10 Å². The highest BCUT2D eigenvalue weighted by Crippen LogP contribution is 2.39. The number of fused-ring (bicyclic) bond motifs is 1. The molecule has 1 atom stereocenters. The first kappa shape index (κ1) is 21.6. The van der Waals surface area contributed by atoms with E-state index >= 15 is 0 Å². The highest BCUT2D eigenvalue weighted by Gasteiger charge is 2.41. The van der Waals surface area contributed by atoms with Crippen LogP contribution in [-0.4, -0.2) is 57.9 Å². The van der Waals surface area contributed by atoms with Gasteiger partial charge in [0, 0.05) is 31.3 Å². The zero-order valence-corrected chi connectivity index (χ0v) is 18.5. The average molecular weight is 449 g/mol. The molecule has 2 aliphatic rings. The van der Waals surface area contributed by atoms with Gasteiger partial charge in [-0.2, -0.15) is 5.10 Å². The maximum Gasteiger partial charge on any atom is 0.274 e. The van der Waals surface area contributed by atoms with Crippen LogP contribution < -0.4 is 10.3 Å². The predicted molar refractivity (Wildman–Crippen MR) is 123 cm³/mol. The fraction of sp³-hybridized carbons (Fsp3) is 0.440. The van der Waals surface area contributed by atoms with Crippen LogP contribution in [0.2, 0.25) is 0 Å². The summed E-state index contributed by atoms with van der Waals surface area (Å²) >= 11 is 0. The van der Waals surface area contributed by atoms with E-state index in [2.05, 4.69) is 15.2 Å². The zero-order chi connectivity index (χ0) is 22.7. The second-order valence-corrected chi connectivity index (χ2v) is 8.96. The molecule has 2 aromatic heterocycles. The highest BCUT2D eigenvalue weighted by molar-refractivity contribution is 6.04. The van der Waals surface area contributed by atoms with E-state index in [0.29, 0.717) is 42.1 Å². The summed E-state index contributed by atoms with van der Waals surface area (Å²) in [6.07, 6.45) is 8.09. The fourth-order valence-corrected chi connectivity index (χ4v) is 5.04. The lowest BCUT2D eigenvalue weighted by molar-refractivity contribution is -0.125. The van der Waals surface area contributed by atoms with Gasteiger partial charge >= 0.3 is 0 Å². The second kappa shape index (κ2) is 9.31. The minimum atomic E-state index is -0.283. The molecule has 0 bridgehead atoms. The monoisotopic (exact) mass is 448 g/mol. The van der Waals surface area contributed by atoms with Crippen LogP contribution in [0.25, 0.3) is 10.8 Å². The minimum absolute atomic E-state index is 0.144. The summed E-state index contributed by atoms with van der Waals surface area (Å²) in [5, 5.41) is 7.62. The van der Waals surface area contributed by atoms with Crippen molar-refractivity contribution in [3.05, 3.63) is 64.8 Å². The van der Waals surface area contributed by atoms with Crippen LogP contribution in [0, 0.1) is 5.92 Å². The minimum Gasteiger partial charge on any atom is -0.492 e. The van der Waals surface area contributed by atoms with E-state index in [-0.39, 0.29) is 17.1 Å². The maximum absolute atomic E-state index is 13.2. The predicted octanol–water partition coefficient (Wildman–Crippen LogP) is 3.19. The summed E-state index contributed by atoms with van der Waals surface area (Å²) < 4.78 is 12.1. The molecule has 1 unspecified atom stereocenters. The maximum atomic E-state index is 13.2. The molecule has 1 N–H and O–H groups in total. The van der Waals surface area contributed by atoms with Gasteiger partial charge in [-0.1, -0.05) is 18.2 Å². The smallest absolute Gasteiger partial charge is 0.274 e. The molecule has 8 nitrogen and oxygen atoms in total. The normalized spacial score (nSPS) is 20.1. The van der Waals surface area contributed by atoms with Crippen molar-refractivity contribution in [2.24, 2.45) is 5.92 Å². The number of nitrogens with zero attached hydrogens (tertiary/aromatic N) is 3. The number of nitrogens with one attached hydrogen (secondary N) is 1. The Hall–Kier alpha value is -3.26. The summed E-state index contributed by atoms with van der Waals surface area (Å²) in [4.78, 5) is 31.2. The van der Waals surface area contributed by atoms with Crippen molar-refractivity contribution in [2.45, 2.75) is 37.7 Å². The van der Waals surface area contributed by atoms with Gasteiger partial charge in [-0.3, -0.25) is 14.6 Å². The summed E-state index contributed by atoms with van der Waals surface area (Å²) in [7, 11) is 0. The van der Waals surface area contributed by atoms with Gasteiger partial charge in [0.05, 0.1) is 23.8 Å². The van der Waals surface area contributed by atoms with Gasteiger partial charge in [0.2, 0.25) is 0 Å². The van der Waals surface area contributed by atoms with E-state index in [1.807, 2.05) is 23.1 Å². The Labute approximate surface area is 191 Å². The second-order valence-electron chi connectivity index (χ2n) is 8.96. The number of ether oxygens (including phenoxy) is 2. The van der Waals surface area contributed by atoms with Gasteiger partial charge in [0.25, 0.3) is 11.5 Å². The molecule has 8 heteroatoms. The molecular formula is C25H28N4O4. The van der Waals surface area contributed by atoms with Crippen LogP contribution in [0.4, 0.5) is 0 Å². The van der Waals surface area contributed by atoms with Gasteiger partial charge in [0.15, 0.2) is 5.69 Å². The van der Waals surface area contributed by atoms with Gasteiger partial charge in [-0.15, -0.1) is 0 Å². The molecule has 0 saturated carbocycles. The van der Waals surface area contributed by atoms with E-state index in [1.165, 1.54) is 0 Å². The van der Waals surface area contributed by atoms with Crippen molar-refractivity contribution in [3.63, 3.8) is 0 Å². The number of hydrogen-bond donors (Lipinski definition) is 1. The van der Waals surface area contributed by atoms with Crippen LogP contribution in [0.3, 0.4) is 0 Å². The Morgan fingerprint density at radius 2 is 2.00 bits per heavy atom. The lowest BCUT2D eigenvalue weighted by Gasteiger charge is -2.46. The molecule has 2 saturated heterocycles. The number of benzene rings is 1. The summed E-state index contributed by atoms with van der Waals surface area (Å²) in [6.45, 7) is 2.65. The quantitative estimate of drug-likeness (QED) is 0.644. The first-order valence-corrected chi connectivity index (χ1v) is 11.6. The number of aromatic amines is 1. The lowest BCUT2D eigenvalue weighted by atomic mass is 9.78. The number of carbonyl (C=O) groups is 1. The number of H-pyrrole nitrogens is 1. The molecule has 4 heterocycles. The van der Waals surface area contributed by atoms with Gasteiger partial charge < -0.3 is 14.4 Å². The lowest BCUT2D eigenvalue weighted by Crippen LogP contribution is -2.51. The van der Waals surface area contributed by atoms with Crippen molar-refractivity contribution in [1.29, 1.82) is 0 Å². The van der Waals surface area contributed by atoms with Crippen LogP contribution in [0.1, 0.15) is 42.6 Å². The number of likely N-dealkylation sites (tertiary alicyclic amines) is 1.